The number of hydrogen-bond acceptors (Lipinski definition) is 2. The Morgan fingerprint density at radius 2 is 1.76 bits per heavy atom. The number of carbonyl (C=O) groups is 1. The summed E-state index contributed by atoms with van der Waals surface area (Å²) < 4.78 is 5.23. The van der Waals surface area contributed by atoms with Gasteiger partial charge in [0.15, 0.2) is 6.29 Å². The van der Waals surface area contributed by atoms with E-state index in [1.54, 1.807) is 7.11 Å². The third kappa shape index (κ3) is 2.21. The van der Waals surface area contributed by atoms with Crippen LogP contribution in [-0.4, -0.2) is 13.4 Å². The lowest BCUT2D eigenvalue weighted by atomic mass is 10.00. The molecule has 0 saturated heterocycles. The molecule has 0 heterocycles. The molecule has 0 saturated carbocycles. The molecule has 2 nitrogen and oxygen atoms in total. The van der Waals surface area contributed by atoms with Crippen LogP contribution in [0.3, 0.4) is 0 Å². The molecule has 2 aromatic carbocycles. The van der Waals surface area contributed by atoms with Crippen LogP contribution < -0.4 is 4.74 Å². The van der Waals surface area contributed by atoms with Gasteiger partial charge in [-0.1, -0.05) is 30.3 Å². The monoisotopic (exact) mass is 226 g/mol. The van der Waals surface area contributed by atoms with Crippen LogP contribution in [-0.2, 0) is 0 Å². The van der Waals surface area contributed by atoms with Gasteiger partial charge >= 0.3 is 0 Å². The molecular weight excluding hydrogens is 212 g/mol. The molecule has 2 aromatic rings. The van der Waals surface area contributed by atoms with Gasteiger partial charge in [-0.05, 0) is 35.7 Å². The Balaban J connectivity index is 2.58. The topological polar surface area (TPSA) is 26.3 Å². The Bertz CT molecular complexity index is 530. The highest BCUT2D eigenvalue weighted by molar-refractivity contribution is 5.84. The number of hydrogen-bond donors (Lipinski definition) is 0. The second-order valence-electron chi connectivity index (χ2n) is 3.90. The smallest absolute Gasteiger partial charge is 0.153 e. The molecule has 0 fully saturated rings. The van der Waals surface area contributed by atoms with Gasteiger partial charge in [0.05, 0.1) is 12.7 Å². The van der Waals surface area contributed by atoms with E-state index in [-0.39, 0.29) is 0 Å². The van der Waals surface area contributed by atoms with E-state index in [0.29, 0.717) is 11.3 Å². The Morgan fingerprint density at radius 3 is 2.35 bits per heavy atom. The first-order chi connectivity index (χ1) is 8.26. The number of rotatable bonds is 3. The fourth-order valence-electron chi connectivity index (χ4n) is 1.96. The standard InChI is InChI=1S/C15H14O2/c1-11-8-13(12-6-4-3-5-7-12)9-14(10-16)15(11)17-2/h3-10H,1-2H3. The highest BCUT2D eigenvalue weighted by Crippen LogP contribution is 2.29. The summed E-state index contributed by atoms with van der Waals surface area (Å²) in [5.41, 5.74) is 3.69. The van der Waals surface area contributed by atoms with Crippen molar-refractivity contribution < 1.29 is 9.53 Å². The quantitative estimate of drug-likeness (QED) is 0.749. The first kappa shape index (κ1) is 11.4. The molecule has 0 N–H and O–H groups in total. The molecule has 0 unspecified atom stereocenters. The molecule has 2 rings (SSSR count). The van der Waals surface area contributed by atoms with Gasteiger partial charge in [0.1, 0.15) is 5.75 Å². The Kier molecular flexibility index (Phi) is 3.24. The van der Waals surface area contributed by atoms with E-state index in [9.17, 15) is 4.79 Å². The number of aryl methyl sites for hydroxylation is 1. The number of aldehydes is 1. The molecule has 0 atom stereocenters. The second-order valence-corrected chi connectivity index (χ2v) is 3.90. The highest BCUT2D eigenvalue weighted by atomic mass is 16.5. The van der Waals surface area contributed by atoms with Gasteiger partial charge in [-0.15, -0.1) is 0 Å². The second kappa shape index (κ2) is 4.83. The van der Waals surface area contributed by atoms with Gasteiger partial charge in [0.2, 0.25) is 0 Å². The Morgan fingerprint density at radius 1 is 1.06 bits per heavy atom. The maximum absolute atomic E-state index is 11.0. The first-order valence-electron chi connectivity index (χ1n) is 5.45. The molecule has 0 radical (unpaired) electrons. The lowest BCUT2D eigenvalue weighted by Crippen LogP contribution is -1.94. The van der Waals surface area contributed by atoms with Crippen LogP contribution in [0.4, 0.5) is 0 Å². The normalized spacial score (nSPS) is 10.0. The van der Waals surface area contributed by atoms with Crippen LogP contribution in [0.1, 0.15) is 15.9 Å². The average Bonchev–Trinajstić information content (AvgIpc) is 2.38. The molecule has 86 valence electrons. The molecule has 0 aromatic heterocycles. The summed E-state index contributed by atoms with van der Waals surface area (Å²) in [6.45, 7) is 1.94. The maximum atomic E-state index is 11.0. The van der Waals surface area contributed by atoms with E-state index in [1.165, 1.54) is 0 Å². The van der Waals surface area contributed by atoms with Crippen molar-refractivity contribution in [1.29, 1.82) is 0 Å². The number of benzene rings is 2. The summed E-state index contributed by atoms with van der Waals surface area (Å²) in [6.07, 6.45) is 0.832. The van der Waals surface area contributed by atoms with E-state index < -0.39 is 0 Å². The van der Waals surface area contributed by atoms with Gasteiger partial charge in [-0.3, -0.25) is 4.79 Å². The minimum absolute atomic E-state index is 0.589. The zero-order chi connectivity index (χ0) is 12.3. The fourth-order valence-corrected chi connectivity index (χ4v) is 1.96. The number of ether oxygens (including phenoxy) is 1. The van der Waals surface area contributed by atoms with Crippen molar-refractivity contribution in [3.05, 3.63) is 53.6 Å². The maximum Gasteiger partial charge on any atom is 0.153 e. The summed E-state index contributed by atoms with van der Waals surface area (Å²) in [7, 11) is 1.58. The fraction of sp³-hybridized carbons (Fsp3) is 0.133. The molecule has 0 aliphatic carbocycles. The van der Waals surface area contributed by atoms with E-state index in [0.717, 1.165) is 23.0 Å². The van der Waals surface area contributed by atoms with Crippen molar-refractivity contribution in [2.75, 3.05) is 7.11 Å². The van der Waals surface area contributed by atoms with E-state index >= 15 is 0 Å². The lowest BCUT2D eigenvalue weighted by molar-refractivity contribution is 0.112. The highest BCUT2D eigenvalue weighted by Gasteiger charge is 2.08. The molecule has 0 spiro atoms. The van der Waals surface area contributed by atoms with Crippen LogP contribution in [0.5, 0.6) is 5.75 Å². The molecule has 0 aliphatic heterocycles. The van der Waals surface area contributed by atoms with Crippen LogP contribution in [0.25, 0.3) is 11.1 Å². The third-order valence-corrected chi connectivity index (χ3v) is 2.74. The van der Waals surface area contributed by atoms with Crippen molar-refractivity contribution in [1.82, 2.24) is 0 Å². The predicted molar refractivity (Wildman–Crippen MR) is 68.6 cm³/mol. The van der Waals surface area contributed by atoms with Gasteiger partial charge < -0.3 is 4.74 Å². The lowest BCUT2D eigenvalue weighted by Gasteiger charge is -2.10. The molecule has 0 amide bonds. The first-order valence-corrected chi connectivity index (χ1v) is 5.45. The SMILES string of the molecule is COc1c(C)cc(-c2ccccc2)cc1C=O. The van der Waals surface area contributed by atoms with Crippen LogP contribution >= 0.6 is 0 Å². The zero-order valence-electron chi connectivity index (χ0n) is 9.94. The van der Waals surface area contributed by atoms with Crippen molar-refractivity contribution in [3.8, 4) is 16.9 Å². The number of carbonyl (C=O) groups excluding carboxylic acids is 1. The van der Waals surface area contributed by atoms with Gasteiger partial charge in [0.25, 0.3) is 0 Å². The molecule has 0 aliphatic rings. The molecular formula is C15H14O2. The van der Waals surface area contributed by atoms with Crippen LogP contribution in [0.15, 0.2) is 42.5 Å². The molecule has 2 heteroatoms. The van der Waals surface area contributed by atoms with E-state index in [4.69, 9.17) is 4.74 Å². The predicted octanol–water partition coefficient (Wildman–Crippen LogP) is 3.48. The third-order valence-electron chi connectivity index (χ3n) is 2.74. The van der Waals surface area contributed by atoms with Gasteiger partial charge in [-0.25, -0.2) is 0 Å². The van der Waals surface area contributed by atoms with Crippen molar-refractivity contribution >= 4 is 6.29 Å². The summed E-state index contributed by atoms with van der Waals surface area (Å²) in [5, 5.41) is 0. The molecule has 17 heavy (non-hydrogen) atoms. The summed E-state index contributed by atoms with van der Waals surface area (Å²) >= 11 is 0. The minimum Gasteiger partial charge on any atom is -0.496 e. The van der Waals surface area contributed by atoms with Crippen molar-refractivity contribution in [2.24, 2.45) is 0 Å². The van der Waals surface area contributed by atoms with Crippen LogP contribution in [0.2, 0.25) is 0 Å². The van der Waals surface area contributed by atoms with Gasteiger partial charge in [0, 0.05) is 0 Å². The zero-order valence-corrected chi connectivity index (χ0v) is 9.94. The van der Waals surface area contributed by atoms with E-state index in [1.807, 2.05) is 49.4 Å². The summed E-state index contributed by atoms with van der Waals surface area (Å²) in [4.78, 5) is 11.0. The van der Waals surface area contributed by atoms with Crippen LogP contribution in [0, 0.1) is 6.92 Å². The van der Waals surface area contributed by atoms with Gasteiger partial charge in [-0.2, -0.15) is 0 Å². The van der Waals surface area contributed by atoms with Crippen molar-refractivity contribution in [3.63, 3.8) is 0 Å². The van der Waals surface area contributed by atoms with Crippen molar-refractivity contribution in [2.45, 2.75) is 6.92 Å². The number of methoxy groups -OCH3 is 1. The minimum atomic E-state index is 0.589. The summed E-state index contributed by atoms with van der Waals surface area (Å²) in [5.74, 6) is 0.652. The Labute approximate surface area is 101 Å². The molecule has 0 bridgehead atoms. The van der Waals surface area contributed by atoms with E-state index in [2.05, 4.69) is 0 Å². The Hall–Kier alpha value is -2.09. The largest absolute Gasteiger partial charge is 0.496 e. The average molecular weight is 226 g/mol. The summed E-state index contributed by atoms with van der Waals surface area (Å²) in [6, 6.07) is 13.9.